The predicted molar refractivity (Wildman–Crippen MR) is 126 cm³/mol. The Morgan fingerprint density at radius 1 is 1.16 bits per heavy atom. The lowest BCUT2D eigenvalue weighted by Gasteiger charge is -2.31. The number of hydrogen-bond acceptors (Lipinski definition) is 5. The molecule has 0 aliphatic carbocycles. The van der Waals surface area contributed by atoms with Gasteiger partial charge in [0.15, 0.2) is 5.76 Å². The lowest BCUT2D eigenvalue weighted by Crippen LogP contribution is -2.43. The first-order chi connectivity index (χ1) is 15.6. The second-order valence-electron chi connectivity index (χ2n) is 8.12. The van der Waals surface area contributed by atoms with Crippen LogP contribution in [0, 0.1) is 12.8 Å². The van der Waals surface area contributed by atoms with Crippen LogP contribution in [0.5, 0.6) is 0 Å². The average molecular weight is 446 g/mol. The Hall–Kier alpha value is -3.45. The Labute approximate surface area is 189 Å². The molecule has 0 saturated carbocycles. The van der Waals surface area contributed by atoms with Crippen LogP contribution >= 0.6 is 11.3 Å². The van der Waals surface area contributed by atoms with E-state index in [2.05, 4.69) is 24.4 Å². The molecular weight excluding hydrogens is 422 g/mol. The maximum absolute atomic E-state index is 12.8. The van der Waals surface area contributed by atoms with E-state index >= 15 is 0 Å². The van der Waals surface area contributed by atoms with Crippen molar-refractivity contribution in [2.45, 2.75) is 19.8 Å². The molecule has 1 aliphatic rings. The Morgan fingerprint density at radius 3 is 2.78 bits per heavy atom. The first-order valence-electron chi connectivity index (χ1n) is 10.7. The maximum atomic E-state index is 12.8. The topological polar surface area (TPSA) is 75.4 Å². The zero-order valence-corrected chi connectivity index (χ0v) is 18.5. The number of aromatic nitrogens is 1. The zero-order valence-electron chi connectivity index (χ0n) is 17.7. The van der Waals surface area contributed by atoms with Crippen LogP contribution < -0.4 is 5.32 Å². The second kappa shape index (κ2) is 8.59. The Balaban J connectivity index is 1.24. The van der Waals surface area contributed by atoms with Crippen molar-refractivity contribution in [2.24, 2.45) is 5.92 Å². The van der Waals surface area contributed by atoms with Gasteiger partial charge in [0, 0.05) is 24.3 Å². The van der Waals surface area contributed by atoms with Gasteiger partial charge in [-0.2, -0.15) is 0 Å². The summed E-state index contributed by atoms with van der Waals surface area (Å²) < 4.78 is 6.39. The number of fused-ring (bicyclic) bond motifs is 1. The van der Waals surface area contributed by atoms with Crippen LogP contribution in [0.1, 0.15) is 29.0 Å². The molecule has 0 unspecified atom stereocenters. The Kier molecular flexibility index (Phi) is 5.49. The first kappa shape index (κ1) is 20.5. The third kappa shape index (κ3) is 4.16. The van der Waals surface area contributed by atoms with Gasteiger partial charge in [-0.25, -0.2) is 4.98 Å². The molecule has 6 nitrogen and oxygen atoms in total. The van der Waals surface area contributed by atoms with Gasteiger partial charge in [-0.3, -0.25) is 9.59 Å². The van der Waals surface area contributed by atoms with Crippen LogP contribution in [-0.2, 0) is 4.79 Å². The van der Waals surface area contributed by atoms with E-state index in [-0.39, 0.29) is 17.7 Å². The fraction of sp³-hybridized carbons (Fsp3) is 0.240. The SMILES string of the molecule is Cc1ccc2nc(-c3ccc(NC(=O)[C@H]4CCCN(C(=O)c5ccco5)C4)cc3)sc2c1. The van der Waals surface area contributed by atoms with E-state index in [0.717, 1.165) is 34.6 Å². The van der Waals surface area contributed by atoms with Crippen molar-refractivity contribution in [1.82, 2.24) is 9.88 Å². The van der Waals surface area contributed by atoms with E-state index in [4.69, 9.17) is 9.40 Å². The van der Waals surface area contributed by atoms with Gasteiger partial charge >= 0.3 is 0 Å². The largest absolute Gasteiger partial charge is 0.459 e. The van der Waals surface area contributed by atoms with Gasteiger partial charge in [-0.05, 0) is 73.9 Å². The molecule has 4 aromatic rings. The number of likely N-dealkylation sites (tertiary alicyclic amines) is 1. The minimum atomic E-state index is -0.241. The number of carbonyl (C=O) groups is 2. The lowest BCUT2D eigenvalue weighted by atomic mass is 9.96. The highest BCUT2D eigenvalue weighted by atomic mass is 32.1. The van der Waals surface area contributed by atoms with E-state index < -0.39 is 0 Å². The second-order valence-corrected chi connectivity index (χ2v) is 9.16. The number of rotatable bonds is 4. The molecule has 1 aliphatic heterocycles. The van der Waals surface area contributed by atoms with Crippen LogP contribution in [0.25, 0.3) is 20.8 Å². The summed E-state index contributed by atoms with van der Waals surface area (Å²) in [7, 11) is 0. The molecule has 3 heterocycles. The number of benzene rings is 2. The molecule has 2 aromatic carbocycles. The number of anilines is 1. The molecule has 1 fully saturated rings. The third-order valence-electron chi connectivity index (χ3n) is 5.75. The third-order valence-corrected chi connectivity index (χ3v) is 6.82. The number of carbonyl (C=O) groups excluding carboxylic acids is 2. The summed E-state index contributed by atoms with van der Waals surface area (Å²) in [6, 6.07) is 17.4. The number of nitrogens with zero attached hydrogens (tertiary/aromatic N) is 2. The molecule has 0 spiro atoms. The quantitative estimate of drug-likeness (QED) is 0.459. The van der Waals surface area contributed by atoms with Crippen molar-refractivity contribution in [3.8, 4) is 10.6 Å². The van der Waals surface area contributed by atoms with Gasteiger partial charge < -0.3 is 14.6 Å². The zero-order chi connectivity index (χ0) is 22.1. The standard InChI is InChI=1S/C25H23N3O3S/c1-16-6-11-20-22(14-16)32-24(27-20)17-7-9-19(10-8-17)26-23(29)18-4-2-12-28(15-18)25(30)21-5-3-13-31-21/h3,5-11,13-14,18H,2,4,12,15H2,1H3,(H,26,29)/t18-/m0/s1. The molecule has 1 N–H and O–H groups in total. The summed E-state index contributed by atoms with van der Waals surface area (Å²) in [5.74, 6) is -0.158. The van der Waals surface area contributed by atoms with Crippen molar-refractivity contribution in [1.29, 1.82) is 0 Å². The van der Waals surface area contributed by atoms with Gasteiger partial charge in [0.05, 0.1) is 22.4 Å². The lowest BCUT2D eigenvalue weighted by molar-refractivity contribution is -0.121. The van der Waals surface area contributed by atoms with Crippen LogP contribution in [0.2, 0.25) is 0 Å². The number of hydrogen-bond donors (Lipinski definition) is 1. The van der Waals surface area contributed by atoms with E-state index in [1.54, 1.807) is 28.4 Å². The highest BCUT2D eigenvalue weighted by molar-refractivity contribution is 7.21. The highest BCUT2D eigenvalue weighted by Crippen LogP contribution is 2.31. The van der Waals surface area contributed by atoms with Gasteiger partial charge in [-0.15, -0.1) is 11.3 Å². The fourth-order valence-electron chi connectivity index (χ4n) is 4.03. The van der Waals surface area contributed by atoms with Crippen LogP contribution in [0.15, 0.2) is 65.3 Å². The van der Waals surface area contributed by atoms with Crippen LogP contribution in [0.4, 0.5) is 5.69 Å². The maximum Gasteiger partial charge on any atom is 0.289 e. The minimum absolute atomic E-state index is 0.0647. The molecule has 0 bridgehead atoms. The van der Waals surface area contributed by atoms with Gasteiger partial charge in [0.25, 0.3) is 5.91 Å². The molecule has 162 valence electrons. The molecule has 32 heavy (non-hydrogen) atoms. The van der Waals surface area contributed by atoms with Crippen molar-refractivity contribution in [3.05, 3.63) is 72.2 Å². The predicted octanol–water partition coefficient (Wildman–Crippen LogP) is 5.36. The van der Waals surface area contributed by atoms with E-state index in [1.807, 2.05) is 30.3 Å². The average Bonchev–Trinajstić information content (AvgIpc) is 3.49. The number of amides is 2. The van der Waals surface area contributed by atoms with E-state index in [0.29, 0.717) is 18.8 Å². The van der Waals surface area contributed by atoms with Crippen LogP contribution in [-0.4, -0.2) is 34.8 Å². The number of thiazole rings is 1. The molecule has 7 heteroatoms. The first-order valence-corrected chi connectivity index (χ1v) is 11.5. The fourth-order valence-corrected chi connectivity index (χ4v) is 5.10. The highest BCUT2D eigenvalue weighted by Gasteiger charge is 2.30. The number of aryl methyl sites for hydroxylation is 1. The number of nitrogens with one attached hydrogen (secondary N) is 1. The Morgan fingerprint density at radius 2 is 2.00 bits per heavy atom. The van der Waals surface area contributed by atoms with Crippen molar-refractivity contribution >= 4 is 39.1 Å². The van der Waals surface area contributed by atoms with Crippen molar-refractivity contribution < 1.29 is 14.0 Å². The monoisotopic (exact) mass is 445 g/mol. The number of piperidine rings is 1. The molecule has 2 amide bonds. The van der Waals surface area contributed by atoms with Crippen LogP contribution in [0.3, 0.4) is 0 Å². The summed E-state index contributed by atoms with van der Waals surface area (Å²) in [4.78, 5) is 31.8. The smallest absolute Gasteiger partial charge is 0.289 e. The Bertz CT molecular complexity index is 1260. The summed E-state index contributed by atoms with van der Waals surface area (Å²) in [5.41, 5.74) is 3.98. The molecule has 5 rings (SSSR count). The van der Waals surface area contributed by atoms with Gasteiger partial charge in [-0.1, -0.05) is 6.07 Å². The number of furan rings is 1. The van der Waals surface area contributed by atoms with Gasteiger partial charge in [0.1, 0.15) is 5.01 Å². The molecule has 1 saturated heterocycles. The summed E-state index contributed by atoms with van der Waals surface area (Å²) >= 11 is 1.67. The van der Waals surface area contributed by atoms with E-state index in [9.17, 15) is 9.59 Å². The summed E-state index contributed by atoms with van der Waals surface area (Å²) in [6.07, 6.45) is 3.04. The minimum Gasteiger partial charge on any atom is -0.459 e. The molecular formula is C25H23N3O3S. The molecule has 0 radical (unpaired) electrons. The molecule has 1 atom stereocenters. The summed E-state index contributed by atoms with van der Waals surface area (Å²) in [6.45, 7) is 3.11. The van der Waals surface area contributed by atoms with Crippen molar-refractivity contribution in [3.63, 3.8) is 0 Å². The van der Waals surface area contributed by atoms with Crippen molar-refractivity contribution in [2.75, 3.05) is 18.4 Å². The normalized spacial score (nSPS) is 16.3. The summed E-state index contributed by atoms with van der Waals surface area (Å²) in [5, 5.41) is 3.96. The van der Waals surface area contributed by atoms with Gasteiger partial charge in [0.2, 0.25) is 5.91 Å². The molecule has 2 aromatic heterocycles. The van der Waals surface area contributed by atoms with E-state index in [1.165, 1.54) is 16.5 Å².